The van der Waals surface area contributed by atoms with Crippen LogP contribution in [0, 0.1) is 22.7 Å². The van der Waals surface area contributed by atoms with Gasteiger partial charge in [-0.25, -0.2) is 0 Å². The van der Waals surface area contributed by atoms with Crippen LogP contribution >= 0.6 is 0 Å². The molecule has 0 aromatic carbocycles. The van der Waals surface area contributed by atoms with Gasteiger partial charge in [-0.3, -0.25) is 4.79 Å². The van der Waals surface area contributed by atoms with Crippen LogP contribution in [-0.2, 0) is 9.53 Å². The van der Waals surface area contributed by atoms with Crippen molar-refractivity contribution in [2.45, 2.75) is 66.4 Å². The molecule has 1 saturated heterocycles. The second-order valence-corrected chi connectivity index (χ2v) is 7.67. The minimum absolute atomic E-state index is 0.00737. The minimum atomic E-state index is -0.277. The zero-order chi connectivity index (χ0) is 12.8. The van der Waals surface area contributed by atoms with E-state index in [0.29, 0.717) is 11.3 Å². The summed E-state index contributed by atoms with van der Waals surface area (Å²) in [5.41, 5.74) is 0.109. The molecule has 0 bridgehead atoms. The first-order valence-electron chi connectivity index (χ1n) is 6.91. The maximum atomic E-state index is 11.8. The first kappa shape index (κ1) is 12.9. The van der Waals surface area contributed by atoms with Crippen molar-refractivity contribution in [3.05, 3.63) is 0 Å². The zero-order valence-corrected chi connectivity index (χ0v) is 11.9. The van der Waals surface area contributed by atoms with Crippen molar-refractivity contribution in [1.82, 2.24) is 0 Å². The van der Waals surface area contributed by atoms with E-state index < -0.39 is 0 Å². The largest absolute Gasteiger partial charge is 0.462 e. The van der Waals surface area contributed by atoms with E-state index in [1.54, 1.807) is 0 Å². The van der Waals surface area contributed by atoms with Crippen LogP contribution in [-0.4, -0.2) is 12.1 Å². The maximum Gasteiger partial charge on any atom is 0.311 e. The lowest BCUT2D eigenvalue weighted by atomic mass is 9.64. The monoisotopic (exact) mass is 238 g/mol. The molecule has 3 atom stereocenters. The van der Waals surface area contributed by atoms with Gasteiger partial charge in [-0.15, -0.1) is 0 Å². The Kier molecular flexibility index (Phi) is 3.04. The smallest absolute Gasteiger partial charge is 0.311 e. The number of fused-ring (bicyclic) bond motifs is 1. The third-order valence-electron chi connectivity index (χ3n) is 4.72. The van der Waals surface area contributed by atoms with Crippen molar-refractivity contribution in [2.24, 2.45) is 22.7 Å². The minimum Gasteiger partial charge on any atom is -0.462 e. The van der Waals surface area contributed by atoms with Crippen molar-refractivity contribution in [1.29, 1.82) is 0 Å². The molecule has 0 radical (unpaired) electrons. The lowest BCUT2D eigenvalue weighted by Crippen LogP contribution is -2.47. The van der Waals surface area contributed by atoms with E-state index >= 15 is 0 Å². The van der Waals surface area contributed by atoms with Crippen molar-refractivity contribution in [2.75, 3.05) is 0 Å². The molecule has 0 aromatic heterocycles. The van der Waals surface area contributed by atoms with Crippen LogP contribution in [0.15, 0.2) is 0 Å². The number of hydrogen-bond acceptors (Lipinski definition) is 2. The van der Waals surface area contributed by atoms with Gasteiger partial charge < -0.3 is 4.74 Å². The highest BCUT2D eigenvalue weighted by Gasteiger charge is 2.46. The molecule has 2 heteroatoms. The lowest BCUT2D eigenvalue weighted by Gasteiger charge is -2.46. The van der Waals surface area contributed by atoms with Crippen LogP contribution in [0.3, 0.4) is 0 Å². The van der Waals surface area contributed by atoms with Gasteiger partial charge in [-0.1, -0.05) is 20.8 Å². The summed E-state index contributed by atoms with van der Waals surface area (Å²) in [6, 6.07) is 0. The summed E-state index contributed by atoms with van der Waals surface area (Å²) in [5, 5.41) is 0. The van der Waals surface area contributed by atoms with Crippen LogP contribution < -0.4 is 0 Å². The van der Waals surface area contributed by atoms with Crippen LogP contribution in [0.2, 0.25) is 0 Å². The number of esters is 1. The summed E-state index contributed by atoms with van der Waals surface area (Å²) >= 11 is 0. The summed E-state index contributed by atoms with van der Waals surface area (Å²) in [6.07, 6.45) is 4.70. The summed E-state index contributed by atoms with van der Waals surface area (Å²) in [7, 11) is 0. The van der Waals surface area contributed by atoms with Gasteiger partial charge in [-0.05, 0) is 56.8 Å². The van der Waals surface area contributed by atoms with Crippen molar-refractivity contribution < 1.29 is 9.53 Å². The number of rotatable bonds is 0. The second-order valence-electron chi connectivity index (χ2n) is 7.67. The average molecular weight is 238 g/mol. The molecule has 0 aromatic rings. The molecule has 1 aliphatic heterocycles. The number of carbonyl (C=O) groups is 1. The molecule has 2 nitrogen and oxygen atoms in total. The fourth-order valence-electron chi connectivity index (χ4n) is 3.43. The summed E-state index contributed by atoms with van der Waals surface area (Å²) in [6.45, 7) is 11.0. The Morgan fingerprint density at radius 2 is 1.88 bits per heavy atom. The second kappa shape index (κ2) is 4.00. The molecule has 0 spiro atoms. The molecule has 2 rings (SSSR count). The predicted octanol–water partition coefficient (Wildman–Crippen LogP) is 3.79. The predicted molar refractivity (Wildman–Crippen MR) is 68.6 cm³/mol. The Bertz CT molecular complexity index is 311. The summed E-state index contributed by atoms with van der Waals surface area (Å²) in [4.78, 5) is 11.8. The molecule has 0 amide bonds. The normalized spacial score (nSPS) is 37.2. The van der Waals surface area contributed by atoms with Gasteiger partial charge >= 0.3 is 5.97 Å². The molecular formula is C15H26O2. The number of carbonyl (C=O) groups excluding carboxylic acids is 1. The Morgan fingerprint density at radius 3 is 2.47 bits per heavy atom. The third kappa shape index (κ3) is 2.51. The molecule has 0 N–H and O–H groups in total. The van der Waals surface area contributed by atoms with E-state index in [0.717, 1.165) is 18.8 Å². The Labute approximate surface area is 105 Å². The van der Waals surface area contributed by atoms with Crippen molar-refractivity contribution >= 4 is 5.97 Å². The molecule has 1 heterocycles. The molecular weight excluding hydrogens is 212 g/mol. The first-order valence-corrected chi connectivity index (χ1v) is 6.91. The van der Waals surface area contributed by atoms with E-state index in [1.807, 2.05) is 13.8 Å². The van der Waals surface area contributed by atoms with Gasteiger partial charge in [0.1, 0.15) is 6.10 Å². The van der Waals surface area contributed by atoms with E-state index in [4.69, 9.17) is 4.74 Å². The van der Waals surface area contributed by atoms with Crippen LogP contribution in [0.25, 0.3) is 0 Å². The fraction of sp³-hybridized carbons (Fsp3) is 0.933. The number of ether oxygens (including phenoxy) is 1. The van der Waals surface area contributed by atoms with Gasteiger partial charge in [0.2, 0.25) is 0 Å². The van der Waals surface area contributed by atoms with E-state index in [-0.39, 0.29) is 17.5 Å². The SMILES string of the molecule is CC1(C)C[C@@H]2C[C@H](C(C)(C)C)CC[C@@H]2OC1=O. The quantitative estimate of drug-likeness (QED) is 0.600. The fourth-order valence-corrected chi connectivity index (χ4v) is 3.43. The summed E-state index contributed by atoms with van der Waals surface area (Å²) in [5.74, 6) is 1.37. The van der Waals surface area contributed by atoms with Gasteiger partial charge in [0.25, 0.3) is 0 Å². The highest BCUT2D eigenvalue weighted by molar-refractivity contribution is 5.76. The third-order valence-corrected chi connectivity index (χ3v) is 4.72. The molecule has 17 heavy (non-hydrogen) atoms. The first-order chi connectivity index (χ1) is 7.70. The standard InChI is InChI=1S/C15H26O2/c1-14(2,3)11-6-7-12-10(8-11)9-15(4,5)13(16)17-12/h10-12H,6-9H2,1-5H3/t10-,11+,12-/m0/s1. The van der Waals surface area contributed by atoms with Crippen LogP contribution in [0.4, 0.5) is 0 Å². The molecule has 1 saturated carbocycles. The van der Waals surface area contributed by atoms with Gasteiger partial charge in [0, 0.05) is 0 Å². The molecule has 0 unspecified atom stereocenters. The van der Waals surface area contributed by atoms with Gasteiger partial charge in [-0.2, -0.15) is 0 Å². The number of hydrogen-bond donors (Lipinski definition) is 0. The molecule has 2 aliphatic rings. The van der Waals surface area contributed by atoms with Crippen molar-refractivity contribution in [3.63, 3.8) is 0 Å². The Morgan fingerprint density at radius 1 is 1.24 bits per heavy atom. The Hall–Kier alpha value is -0.530. The van der Waals surface area contributed by atoms with Gasteiger partial charge in [0.05, 0.1) is 5.41 Å². The highest BCUT2D eigenvalue weighted by atomic mass is 16.5. The summed E-state index contributed by atoms with van der Waals surface area (Å²) < 4.78 is 5.63. The average Bonchev–Trinajstić information content (AvgIpc) is 2.17. The molecule has 2 fully saturated rings. The maximum absolute atomic E-state index is 11.8. The van der Waals surface area contributed by atoms with Crippen LogP contribution in [0.1, 0.15) is 60.3 Å². The zero-order valence-electron chi connectivity index (χ0n) is 11.9. The van der Waals surface area contributed by atoms with E-state index in [9.17, 15) is 4.79 Å². The van der Waals surface area contributed by atoms with E-state index in [2.05, 4.69) is 20.8 Å². The van der Waals surface area contributed by atoms with Gasteiger partial charge in [0.15, 0.2) is 0 Å². The van der Waals surface area contributed by atoms with E-state index in [1.165, 1.54) is 12.8 Å². The topological polar surface area (TPSA) is 26.3 Å². The molecule has 1 aliphatic carbocycles. The molecule has 98 valence electrons. The highest BCUT2D eigenvalue weighted by Crippen LogP contribution is 2.47. The Balaban J connectivity index is 2.08. The van der Waals surface area contributed by atoms with Crippen LogP contribution in [0.5, 0.6) is 0 Å². The van der Waals surface area contributed by atoms with Crippen molar-refractivity contribution in [3.8, 4) is 0 Å². The lowest BCUT2D eigenvalue weighted by molar-refractivity contribution is -0.179.